The van der Waals surface area contributed by atoms with Crippen LogP contribution < -0.4 is 10.2 Å². The third-order valence-electron chi connectivity index (χ3n) is 3.06. The van der Waals surface area contributed by atoms with Crippen molar-refractivity contribution in [1.29, 1.82) is 10.5 Å². The van der Waals surface area contributed by atoms with Crippen LogP contribution in [0.3, 0.4) is 0 Å². The lowest BCUT2D eigenvalue weighted by Crippen LogP contribution is -2.07. The number of nitrogens with zero attached hydrogens (tertiary/aromatic N) is 3. The van der Waals surface area contributed by atoms with E-state index in [2.05, 4.69) is 10.5 Å². The Kier molecular flexibility index (Phi) is 6.29. The zero-order valence-electron chi connectivity index (χ0n) is 13.2. The van der Waals surface area contributed by atoms with Gasteiger partial charge in [0.15, 0.2) is 23.1 Å². The molecule has 2 aromatic carbocycles. The van der Waals surface area contributed by atoms with Crippen molar-refractivity contribution in [3.05, 3.63) is 51.5 Å². The van der Waals surface area contributed by atoms with Crippen molar-refractivity contribution in [1.82, 2.24) is 0 Å². The van der Waals surface area contributed by atoms with Crippen LogP contribution in [0.5, 0.6) is 11.5 Å². The molecule has 12 heteroatoms. The highest BCUT2D eigenvalue weighted by Gasteiger charge is 2.33. The molecule has 5 nitrogen and oxygen atoms in total. The maximum atomic E-state index is 14.0. The summed E-state index contributed by atoms with van der Waals surface area (Å²) in [5, 5.41) is 20.6. The fourth-order valence-electron chi connectivity index (χ4n) is 1.82. The zero-order chi connectivity index (χ0) is 21.1. The third-order valence-corrected chi connectivity index (χ3v) is 3.78. The number of benzene rings is 2. The van der Waals surface area contributed by atoms with Gasteiger partial charge in [-0.15, -0.1) is 0 Å². The third kappa shape index (κ3) is 4.80. The van der Waals surface area contributed by atoms with Crippen molar-refractivity contribution in [3.63, 3.8) is 0 Å². The molecule has 0 aliphatic heterocycles. The van der Waals surface area contributed by atoms with E-state index in [1.165, 1.54) is 12.1 Å². The number of hydrogen-bond acceptors (Lipinski definition) is 5. The molecule has 0 heterocycles. The van der Waals surface area contributed by atoms with Gasteiger partial charge >= 0.3 is 6.18 Å². The van der Waals surface area contributed by atoms with Crippen LogP contribution in [0.15, 0.2) is 29.4 Å². The first-order chi connectivity index (χ1) is 13.1. The van der Waals surface area contributed by atoms with Gasteiger partial charge < -0.3 is 4.74 Å². The summed E-state index contributed by atoms with van der Waals surface area (Å²) in [4.78, 5) is 0. The second-order valence-corrected chi connectivity index (χ2v) is 5.74. The Balaban J connectivity index is 2.49. The number of hydrazone groups is 1. The molecule has 144 valence electrons. The second-order valence-electron chi connectivity index (χ2n) is 4.93. The first-order valence-corrected chi connectivity index (χ1v) is 7.69. The van der Waals surface area contributed by atoms with Crippen LogP contribution in [0.1, 0.15) is 5.56 Å². The summed E-state index contributed by atoms with van der Waals surface area (Å²) in [5.41, 5.74) is -0.0779. The smallest absolute Gasteiger partial charge is 0.416 e. The highest BCUT2D eigenvalue weighted by Crippen LogP contribution is 2.40. The Morgan fingerprint density at radius 3 is 2.04 bits per heavy atom. The van der Waals surface area contributed by atoms with E-state index in [1.807, 2.05) is 0 Å². The van der Waals surface area contributed by atoms with E-state index in [9.17, 15) is 22.0 Å². The average molecular weight is 435 g/mol. The Labute approximate surface area is 164 Å². The van der Waals surface area contributed by atoms with Crippen LogP contribution >= 0.6 is 23.2 Å². The Bertz CT molecular complexity index is 1000. The van der Waals surface area contributed by atoms with Crippen LogP contribution in [0.2, 0.25) is 10.0 Å². The fourth-order valence-corrected chi connectivity index (χ4v) is 2.14. The van der Waals surface area contributed by atoms with Gasteiger partial charge in [0.2, 0.25) is 5.71 Å². The van der Waals surface area contributed by atoms with Gasteiger partial charge in [0.25, 0.3) is 0 Å². The summed E-state index contributed by atoms with van der Waals surface area (Å²) in [7, 11) is 0. The SMILES string of the molecule is N#CC(C#N)=NNc1cc(Cl)c(Cl)cc1Oc1c(F)cc(C(F)(F)F)cc1F. The van der Waals surface area contributed by atoms with Crippen LogP contribution in [-0.4, -0.2) is 5.71 Å². The van der Waals surface area contributed by atoms with E-state index in [0.29, 0.717) is 0 Å². The number of anilines is 1. The maximum absolute atomic E-state index is 14.0. The molecule has 28 heavy (non-hydrogen) atoms. The molecule has 0 aliphatic carbocycles. The molecule has 0 amide bonds. The van der Waals surface area contributed by atoms with Crippen LogP contribution in [0, 0.1) is 34.3 Å². The molecule has 0 aliphatic rings. The molecule has 0 atom stereocenters. The standard InChI is InChI=1S/C16H5Cl2F5N4O/c17-9-3-13(27-26-8(5-24)6-25)14(4-10(9)18)28-15-11(19)1-7(2-12(15)20)16(21,22)23/h1-4,27H. The van der Waals surface area contributed by atoms with Crippen molar-refractivity contribution in [3.8, 4) is 23.6 Å². The van der Waals surface area contributed by atoms with Crippen molar-refractivity contribution in [2.45, 2.75) is 6.18 Å². The fraction of sp³-hybridized carbons (Fsp3) is 0.0625. The lowest BCUT2D eigenvalue weighted by molar-refractivity contribution is -0.138. The molecule has 0 saturated heterocycles. The van der Waals surface area contributed by atoms with Gasteiger partial charge in [-0.25, -0.2) is 8.78 Å². The molecule has 0 aromatic heterocycles. The van der Waals surface area contributed by atoms with Crippen LogP contribution in [0.25, 0.3) is 0 Å². The van der Waals surface area contributed by atoms with Crippen molar-refractivity contribution in [2.75, 3.05) is 5.43 Å². The van der Waals surface area contributed by atoms with Crippen molar-refractivity contribution >= 4 is 34.6 Å². The molecule has 0 unspecified atom stereocenters. The minimum atomic E-state index is -4.96. The minimum Gasteiger partial charge on any atom is -0.449 e. The largest absolute Gasteiger partial charge is 0.449 e. The molecule has 0 spiro atoms. The molecule has 0 radical (unpaired) electrons. The second kappa shape index (κ2) is 8.30. The molecule has 0 saturated carbocycles. The number of nitriles is 2. The molecular formula is C16H5Cl2F5N4O. The zero-order valence-corrected chi connectivity index (χ0v) is 14.7. The molecule has 0 bridgehead atoms. The number of hydrogen-bond donors (Lipinski definition) is 1. The van der Waals surface area contributed by atoms with Crippen LogP contribution in [-0.2, 0) is 6.18 Å². The Morgan fingerprint density at radius 2 is 1.54 bits per heavy atom. The molecule has 1 N–H and O–H groups in total. The quantitative estimate of drug-likeness (QED) is 0.369. The van der Waals surface area contributed by atoms with Gasteiger partial charge in [0.05, 0.1) is 15.6 Å². The van der Waals surface area contributed by atoms with Gasteiger partial charge in [-0.2, -0.15) is 28.8 Å². The van der Waals surface area contributed by atoms with E-state index in [4.69, 9.17) is 38.5 Å². The van der Waals surface area contributed by atoms with E-state index < -0.39 is 34.8 Å². The van der Waals surface area contributed by atoms with Crippen molar-refractivity contribution < 1.29 is 26.7 Å². The first-order valence-electron chi connectivity index (χ1n) is 6.93. The summed E-state index contributed by atoms with van der Waals surface area (Å²) in [6, 6.07) is 5.15. The molecule has 0 fully saturated rings. The normalized spacial score (nSPS) is 10.6. The number of rotatable bonds is 4. The first kappa shape index (κ1) is 21.2. The van der Waals surface area contributed by atoms with Gasteiger partial charge in [0, 0.05) is 6.07 Å². The molecule has 2 rings (SSSR count). The highest BCUT2D eigenvalue weighted by molar-refractivity contribution is 6.42. The number of ether oxygens (including phenoxy) is 1. The lowest BCUT2D eigenvalue weighted by atomic mass is 10.2. The van der Waals surface area contributed by atoms with Gasteiger partial charge in [0.1, 0.15) is 17.8 Å². The summed E-state index contributed by atoms with van der Waals surface area (Å²) in [5.74, 6) is -4.77. The van der Waals surface area contributed by atoms with E-state index >= 15 is 0 Å². The Morgan fingerprint density at radius 1 is 1.00 bits per heavy atom. The topological polar surface area (TPSA) is 81.2 Å². The van der Waals surface area contributed by atoms with Crippen LogP contribution in [0.4, 0.5) is 27.6 Å². The van der Waals surface area contributed by atoms with Gasteiger partial charge in [-0.05, 0) is 18.2 Å². The van der Waals surface area contributed by atoms with E-state index in [-0.39, 0.29) is 33.6 Å². The lowest BCUT2D eigenvalue weighted by Gasteiger charge is -2.14. The number of nitrogens with one attached hydrogen (secondary N) is 1. The monoisotopic (exact) mass is 434 g/mol. The number of alkyl halides is 3. The maximum Gasteiger partial charge on any atom is 0.416 e. The molecular weight excluding hydrogens is 430 g/mol. The van der Waals surface area contributed by atoms with E-state index in [0.717, 1.165) is 12.1 Å². The van der Waals surface area contributed by atoms with Gasteiger partial charge in [-0.1, -0.05) is 23.2 Å². The summed E-state index contributed by atoms with van der Waals surface area (Å²) < 4.78 is 70.9. The Hall–Kier alpha value is -3.08. The summed E-state index contributed by atoms with van der Waals surface area (Å²) >= 11 is 11.6. The van der Waals surface area contributed by atoms with Crippen molar-refractivity contribution in [2.24, 2.45) is 5.10 Å². The average Bonchev–Trinajstić information content (AvgIpc) is 2.61. The predicted molar refractivity (Wildman–Crippen MR) is 90.2 cm³/mol. The highest BCUT2D eigenvalue weighted by atomic mass is 35.5. The predicted octanol–water partition coefficient (Wildman–Crippen LogP) is 5.90. The summed E-state index contributed by atoms with van der Waals surface area (Å²) in [6.45, 7) is 0. The number of halogens is 7. The van der Waals surface area contributed by atoms with Gasteiger partial charge in [-0.3, -0.25) is 5.43 Å². The van der Waals surface area contributed by atoms with E-state index in [1.54, 1.807) is 0 Å². The molecule has 2 aromatic rings. The minimum absolute atomic E-state index is 0.0458. The summed E-state index contributed by atoms with van der Waals surface area (Å²) in [6.07, 6.45) is -4.96.